The summed E-state index contributed by atoms with van der Waals surface area (Å²) in [5.74, 6) is -2.41. The minimum absolute atomic E-state index is 0.0607. The molecule has 1 aromatic carbocycles. The lowest BCUT2D eigenvalue weighted by Crippen LogP contribution is -2.17. The van der Waals surface area contributed by atoms with Crippen LogP contribution in [0, 0.1) is 11.7 Å². The van der Waals surface area contributed by atoms with Gasteiger partial charge in [0.15, 0.2) is 0 Å². The monoisotopic (exact) mass is 230 g/mol. The summed E-state index contributed by atoms with van der Waals surface area (Å²) in [7, 11) is -1.60. The quantitative estimate of drug-likeness (QED) is 0.855. The predicted molar refractivity (Wildman–Crippen MR) is 54.5 cm³/mol. The molecule has 0 amide bonds. The van der Waals surface area contributed by atoms with Gasteiger partial charge in [0.2, 0.25) is 0 Å². The molecule has 5 heteroatoms. The van der Waals surface area contributed by atoms with Gasteiger partial charge >= 0.3 is 5.97 Å². The normalized spacial score (nSPS) is 14.5. The highest BCUT2D eigenvalue weighted by atomic mass is 32.2. The van der Waals surface area contributed by atoms with Gasteiger partial charge < -0.3 is 5.11 Å². The van der Waals surface area contributed by atoms with E-state index in [9.17, 15) is 13.4 Å². The van der Waals surface area contributed by atoms with Crippen molar-refractivity contribution in [3.05, 3.63) is 30.1 Å². The third-order valence-corrected chi connectivity index (χ3v) is 3.53. The molecule has 0 aliphatic heterocycles. The topological polar surface area (TPSA) is 54.4 Å². The predicted octanol–water partition coefficient (Wildman–Crippen LogP) is 1.65. The molecule has 1 rings (SSSR count). The Morgan fingerprint density at radius 2 is 2.13 bits per heavy atom. The third-order valence-electron chi connectivity index (χ3n) is 1.90. The van der Waals surface area contributed by atoms with Crippen LogP contribution in [-0.2, 0) is 15.6 Å². The fourth-order valence-electron chi connectivity index (χ4n) is 1.02. The van der Waals surface area contributed by atoms with Crippen LogP contribution in [0.2, 0.25) is 0 Å². The van der Waals surface area contributed by atoms with Crippen LogP contribution in [0.25, 0.3) is 0 Å². The van der Waals surface area contributed by atoms with Gasteiger partial charge in [-0.3, -0.25) is 9.00 Å². The first-order valence-electron chi connectivity index (χ1n) is 4.38. The number of hydrogen-bond acceptors (Lipinski definition) is 2. The Morgan fingerprint density at radius 3 is 2.67 bits per heavy atom. The van der Waals surface area contributed by atoms with E-state index in [2.05, 4.69) is 0 Å². The molecule has 0 saturated carbocycles. The highest BCUT2D eigenvalue weighted by Gasteiger charge is 2.17. The van der Waals surface area contributed by atoms with Crippen molar-refractivity contribution in [3.8, 4) is 0 Å². The zero-order chi connectivity index (χ0) is 11.4. The van der Waals surface area contributed by atoms with Crippen molar-refractivity contribution in [1.29, 1.82) is 0 Å². The molecule has 0 radical (unpaired) electrons. The Bertz CT molecular complexity index is 392. The molecule has 15 heavy (non-hydrogen) atoms. The second-order valence-corrected chi connectivity index (χ2v) is 4.65. The lowest BCUT2D eigenvalue weighted by molar-refractivity contribution is -0.140. The van der Waals surface area contributed by atoms with Crippen LogP contribution in [0.15, 0.2) is 29.2 Å². The van der Waals surface area contributed by atoms with E-state index in [-0.39, 0.29) is 10.6 Å². The second-order valence-electron chi connectivity index (χ2n) is 3.18. The zero-order valence-corrected chi connectivity index (χ0v) is 8.96. The van der Waals surface area contributed by atoms with Crippen LogP contribution in [0.5, 0.6) is 0 Å². The maximum atomic E-state index is 13.2. The van der Waals surface area contributed by atoms with Crippen LogP contribution >= 0.6 is 0 Å². The lowest BCUT2D eigenvalue weighted by Gasteiger charge is -2.06. The SMILES string of the molecule is CC(CS(=O)c1ccccc1F)C(=O)O. The molecule has 2 atom stereocenters. The van der Waals surface area contributed by atoms with Gasteiger partial charge in [-0.15, -0.1) is 0 Å². The van der Waals surface area contributed by atoms with Crippen molar-refractivity contribution in [2.75, 3.05) is 5.75 Å². The van der Waals surface area contributed by atoms with E-state index in [0.29, 0.717) is 0 Å². The third kappa shape index (κ3) is 3.13. The Balaban J connectivity index is 2.78. The number of rotatable bonds is 4. The molecule has 3 nitrogen and oxygen atoms in total. The maximum Gasteiger partial charge on any atom is 0.307 e. The number of carboxylic acid groups (broad SMARTS) is 1. The number of carbonyl (C=O) groups is 1. The molecule has 0 saturated heterocycles. The van der Waals surface area contributed by atoms with Gasteiger partial charge in [0.1, 0.15) is 5.82 Å². The Labute approximate surface area is 89.4 Å². The number of hydrogen-bond donors (Lipinski definition) is 1. The van der Waals surface area contributed by atoms with Crippen LogP contribution < -0.4 is 0 Å². The van der Waals surface area contributed by atoms with E-state index in [1.165, 1.54) is 25.1 Å². The summed E-state index contributed by atoms with van der Waals surface area (Å²) in [4.78, 5) is 10.6. The summed E-state index contributed by atoms with van der Waals surface area (Å²) >= 11 is 0. The first-order chi connectivity index (χ1) is 7.02. The zero-order valence-electron chi connectivity index (χ0n) is 8.14. The van der Waals surface area contributed by atoms with Crippen molar-refractivity contribution in [2.45, 2.75) is 11.8 Å². The largest absolute Gasteiger partial charge is 0.481 e. The van der Waals surface area contributed by atoms with Crippen molar-refractivity contribution in [2.24, 2.45) is 5.92 Å². The Kier molecular flexibility index (Phi) is 3.96. The minimum atomic E-state index is -1.60. The fourth-order valence-corrected chi connectivity index (χ4v) is 2.31. The molecule has 2 unspecified atom stereocenters. The smallest absolute Gasteiger partial charge is 0.307 e. The molecule has 1 N–H and O–H groups in total. The van der Waals surface area contributed by atoms with Gasteiger partial charge in [-0.2, -0.15) is 0 Å². The molecule has 0 bridgehead atoms. The molecule has 0 aliphatic rings. The van der Waals surface area contributed by atoms with Crippen molar-refractivity contribution in [1.82, 2.24) is 0 Å². The summed E-state index contributed by atoms with van der Waals surface area (Å²) in [6.45, 7) is 1.45. The van der Waals surface area contributed by atoms with Gasteiger partial charge in [-0.05, 0) is 12.1 Å². The highest BCUT2D eigenvalue weighted by Crippen LogP contribution is 2.13. The van der Waals surface area contributed by atoms with Crippen molar-refractivity contribution < 1.29 is 18.5 Å². The molecule has 82 valence electrons. The van der Waals surface area contributed by atoms with Crippen molar-refractivity contribution in [3.63, 3.8) is 0 Å². The molecular weight excluding hydrogens is 219 g/mol. The first kappa shape index (κ1) is 11.8. The number of benzene rings is 1. The van der Waals surface area contributed by atoms with E-state index < -0.39 is 28.5 Å². The average molecular weight is 230 g/mol. The summed E-state index contributed by atoms with van der Waals surface area (Å²) < 4.78 is 24.7. The van der Waals surface area contributed by atoms with Gasteiger partial charge in [0, 0.05) is 5.75 Å². The lowest BCUT2D eigenvalue weighted by atomic mass is 10.2. The molecule has 0 spiro atoms. The van der Waals surface area contributed by atoms with E-state index in [4.69, 9.17) is 5.11 Å². The van der Waals surface area contributed by atoms with Crippen LogP contribution in [-0.4, -0.2) is 21.0 Å². The van der Waals surface area contributed by atoms with E-state index >= 15 is 0 Å². The summed E-state index contributed by atoms with van der Waals surface area (Å²) in [6.07, 6.45) is 0. The number of aliphatic carboxylic acids is 1. The number of halogens is 1. The molecule has 1 aromatic rings. The molecule has 0 aromatic heterocycles. The van der Waals surface area contributed by atoms with Gasteiger partial charge in [0.05, 0.1) is 21.6 Å². The second kappa shape index (κ2) is 5.02. The average Bonchev–Trinajstić information content (AvgIpc) is 2.18. The highest BCUT2D eigenvalue weighted by molar-refractivity contribution is 7.85. The summed E-state index contributed by atoms with van der Waals surface area (Å²) in [5.41, 5.74) is 0. The fraction of sp³-hybridized carbons (Fsp3) is 0.300. The molecular formula is C10H11FO3S. The van der Waals surface area contributed by atoms with E-state index in [0.717, 1.165) is 0 Å². The minimum Gasteiger partial charge on any atom is -0.481 e. The molecule has 0 aliphatic carbocycles. The van der Waals surface area contributed by atoms with Crippen LogP contribution in [0.4, 0.5) is 4.39 Å². The van der Waals surface area contributed by atoms with Crippen molar-refractivity contribution >= 4 is 16.8 Å². The standard InChI is InChI=1S/C10H11FO3S/c1-7(10(12)13)6-15(14)9-5-3-2-4-8(9)11/h2-5,7H,6H2,1H3,(H,12,13). The Hall–Kier alpha value is -1.23. The summed E-state index contributed by atoms with van der Waals surface area (Å²) in [6, 6.07) is 5.68. The Morgan fingerprint density at radius 1 is 1.53 bits per heavy atom. The maximum absolute atomic E-state index is 13.2. The molecule has 0 heterocycles. The molecule has 0 fully saturated rings. The van der Waals surface area contributed by atoms with E-state index in [1.54, 1.807) is 6.07 Å². The van der Waals surface area contributed by atoms with Crippen LogP contribution in [0.1, 0.15) is 6.92 Å². The van der Waals surface area contributed by atoms with E-state index in [1.807, 2.05) is 0 Å². The van der Waals surface area contributed by atoms with Gasteiger partial charge in [-0.1, -0.05) is 19.1 Å². The summed E-state index contributed by atoms with van der Waals surface area (Å²) in [5, 5.41) is 8.62. The first-order valence-corrected chi connectivity index (χ1v) is 5.70. The van der Waals surface area contributed by atoms with Gasteiger partial charge in [0.25, 0.3) is 0 Å². The number of carboxylic acids is 1. The van der Waals surface area contributed by atoms with Crippen LogP contribution in [0.3, 0.4) is 0 Å². The van der Waals surface area contributed by atoms with Gasteiger partial charge in [-0.25, -0.2) is 4.39 Å².